The van der Waals surface area contributed by atoms with Crippen molar-refractivity contribution in [1.29, 1.82) is 0 Å². The molecule has 1 aliphatic heterocycles. The van der Waals surface area contributed by atoms with Crippen molar-refractivity contribution in [1.82, 2.24) is 5.32 Å². The van der Waals surface area contributed by atoms with Gasteiger partial charge in [0.1, 0.15) is 5.75 Å². The molecule has 4 nitrogen and oxygen atoms in total. The van der Waals surface area contributed by atoms with E-state index in [9.17, 15) is 9.90 Å². The fourth-order valence-corrected chi connectivity index (χ4v) is 3.16. The molecular weight excluding hydrogens is 302 g/mol. The van der Waals surface area contributed by atoms with E-state index in [1.54, 1.807) is 0 Å². The van der Waals surface area contributed by atoms with Gasteiger partial charge in [-0.1, -0.05) is 48.5 Å². The first-order valence-corrected chi connectivity index (χ1v) is 8.40. The Labute approximate surface area is 142 Å². The van der Waals surface area contributed by atoms with E-state index < -0.39 is 6.10 Å². The number of aliphatic hydroxyl groups is 1. The number of benzene rings is 2. The van der Waals surface area contributed by atoms with Crippen LogP contribution in [0.5, 0.6) is 5.75 Å². The summed E-state index contributed by atoms with van der Waals surface area (Å²) in [4.78, 5) is 12.6. The zero-order valence-corrected chi connectivity index (χ0v) is 13.8. The third-order valence-electron chi connectivity index (χ3n) is 4.42. The van der Waals surface area contributed by atoms with Crippen molar-refractivity contribution in [3.8, 4) is 5.75 Å². The lowest BCUT2D eigenvalue weighted by Gasteiger charge is -2.27. The largest absolute Gasteiger partial charge is 0.493 e. The Kier molecular flexibility index (Phi) is 5.16. The van der Waals surface area contributed by atoms with E-state index in [-0.39, 0.29) is 17.9 Å². The van der Waals surface area contributed by atoms with E-state index in [2.05, 4.69) is 5.32 Å². The number of hydrogen-bond donors (Lipinski definition) is 2. The van der Waals surface area contributed by atoms with Gasteiger partial charge in [0, 0.05) is 11.6 Å². The fourth-order valence-electron chi connectivity index (χ4n) is 3.16. The Balaban J connectivity index is 1.61. The number of aliphatic hydroxyl groups excluding tert-OH is 1. The van der Waals surface area contributed by atoms with Crippen LogP contribution < -0.4 is 10.1 Å². The minimum absolute atomic E-state index is 0.00138. The molecule has 0 radical (unpaired) electrons. The Morgan fingerprint density at radius 3 is 2.71 bits per heavy atom. The molecule has 0 saturated heterocycles. The number of nitrogens with one attached hydrogen (secondary N) is 1. The summed E-state index contributed by atoms with van der Waals surface area (Å²) >= 11 is 0. The highest BCUT2D eigenvalue weighted by molar-refractivity contribution is 5.85. The first-order valence-electron chi connectivity index (χ1n) is 8.40. The lowest BCUT2D eigenvalue weighted by molar-refractivity contribution is -0.124. The molecule has 0 aliphatic carbocycles. The van der Waals surface area contributed by atoms with Gasteiger partial charge in [0.25, 0.3) is 0 Å². The third-order valence-corrected chi connectivity index (χ3v) is 4.42. The minimum Gasteiger partial charge on any atom is -0.493 e. The molecule has 4 heteroatoms. The molecule has 1 heterocycles. The quantitative estimate of drug-likeness (QED) is 0.887. The average molecular weight is 325 g/mol. The topological polar surface area (TPSA) is 58.6 Å². The van der Waals surface area contributed by atoms with Crippen LogP contribution in [0.2, 0.25) is 0 Å². The molecule has 3 atom stereocenters. The summed E-state index contributed by atoms with van der Waals surface area (Å²) in [6.45, 7) is 2.48. The summed E-state index contributed by atoms with van der Waals surface area (Å²) in [6.07, 6.45) is 0.584. The van der Waals surface area contributed by atoms with Crippen molar-refractivity contribution >= 4 is 5.91 Å². The van der Waals surface area contributed by atoms with Crippen molar-refractivity contribution in [3.05, 3.63) is 65.7 Å². The van der Waals surface area contributed by atoms with Crippen LogP contribution in [0.3, 0.4) is 0 Å². The Morgan fingerprint density at radius 1 is 1.21 bits per heavy atom. The summed E-state index contributed by atoms with van der Waals surface area (Å²) in [7, 11) is 0. The number of carbonyl (C=O) groups is 1. The molecule has 126 valence electrons. The van der Waals surface area contributed by atoms with Crippen LogP contribution in [0.25, 0.3) is 0 Å². The molecule has 0 fully saturated rings. The molecule has 0 unspecified atom stereocenters. The van der Waals surface area contributed by atoms with E-state index in [4.69, 9.17) is 4.74 Å². The molecule has 24 heavy (non-hydrogen) atoms. The number of rotatable bonds is 5. The molecule has 1 aliphatic rings. The van der Waals surface area contributed by atoms with Gasteiger partial charge >= 0.3 is 0 Å². The van der Waals surface area contributed by atoms with Crippen molar-refractivity contribution in [2.45, 2.75) is 37.8 Å². The summed E-state index contributed by atoms with van der Waals surface area (Å²) in [5, 5.41) is 13.3. The maximum atomic E-state index is 12.6. The molecule has 0 aromatic heterocycles. The summed E-state index contributed by atoms with van der Waals surface area (Å²) in [5.74, 6) is 0.602. The van der Waals surface area contributed by atoms with Gasteiger partial charge in [-0.3, -0.25) is 4.79 Å². The number of fused-ring (bicyclic) bond motifs is 1. The first-order chi connectivity index (χ1) is 11.6. The van der Waals surface area contributed by atoms with Crippen LogP contribution >= 0.6 is 0 Å². The molecule has 2 aromatic carbocycles. The van der Waals surface area contributed by atoms with Crippen molar-refractivity contribution in [3.63, 3.8) is 0 Å². The molecule has 3 rings (SSSR count). The van der Waals surface area contributed by atoms with Gasteiger partial charge in [0.05, 0.1) is 18.6 Å². The molecule has 0 spiro atoms. The van der Waals surface area contributed by atoms with Crippen LogP contribution in [-0.2, 0) is 4.79 Å². The number of ether oxygens (including phenoxy) is 1. The Hall–Kier alpha value is -2.33. The number of amides is 1. The summed E-state index contributed by atoms with van der Waals surface area (Å²) in [5.41, 5.74) is 1.81. The van der Waals surface area contributed by atoms with Crippen LogP contribution in [0, 0.1) is 0 Å². The zero-order chi connectivity index (χ0) is 16.9. The second-order valence-electron chi connectivity index (χ2n) is 6.30. The van der Waals surface area contributed by atoms with E-state index in [1.807, 2.05) is 61.5 Å². The summed E-state index contributed by atoms with van der Waals surface area (Å²) < 4.78 is 5.61. The van der Waals surface area contributed by atoms with E-state index in [1.165, 1.54) is 0 Å². The maximum Gasteiger partial charge on any atom is 0.228 e. The molecule has 0 bridgehead atoms. The van der Waals surface area contributed by atoms with Gasteiger partial charge < -0.3 is 15.2 Å². The van der Waals surface area contributed by atoms with Crippen LogP contribution in [0.1, 0.15) is 42.9 Å². The van der Waals surface area contributed by atoms with Gasteiger partial charge in [-0.15, -0.1) is 0 Å². The zero-order valence-electron chi connectivity index (χ0n) is 13.8. The Morgan fingerprint density at radius 2 is 1.92 bits per heavy atom. The van der Waals surface area contributed by atoms with Crippen molar-refractivity contribution in [2.75, 3.05) is 6.61 Å². The Bertz CT molecular complexity index is 686. The van der Waals surface area contributed by atoms with Gasteiger partial charge in [-0.2, -0.15) is 0 Å². The smallest absolute Gasteiger partial charge is 0.228 e. The van der Waals surface area contributed by atoms with E-state index in [0.717, 1.165) is 16.9 Å². The molecule has 1 amide bonds. The maximum absolute atomic E-state index is 12.6. The average Bonchev–Trinajstić information content (AvgIpc) is 2.61. The first kappa shape index (κ1) is 16.5. The number of para-hydroxylation sites is 1. The number of carbonyl (C=O) groups excluding carboxylic acids is 1. The third kappa shape index (κ3) is 3.77. The predicted molar refractivity (Wildman–Crippen MR) is 92.9 cm³/mol. The number of hydrogen-bond acceptors (Lipinski definition) is 3. The molecule has 2 N–H and O–H groups in total. The molecule has 2 aromatic rings. The van der Waals surface area contributed by atoms with Gasteiger partial charge in [0.2, 0.25) is 5.91 Å². The summed E-state index contributed by atoms with van der Waals surface area (Å²) in [6, 6.07) is 17.1. The predicted octanol–water partition coefficient (Wildman–Crippen LogP) is 3.18. The highest BCUT2D eigenvalue weighted by Gasteiger charge is 2.28. The van der Waals surface area contributed by atoms with Crippen LogP contribution in [0.4, 0.5) is 0 Å². The lowest BCUT2D eigenvalue weighted by Crippen LogP contribution is -2.38. The minimum atomic E-state index is -0.580. The van der Waals surface area contributed by atoms with Gasteiger partial charge in [0.15, 0.2) is 0 Å². The normalized spacial score (nSPS) is 18.8. The standard InChI is InChI=1S/C20H23NO3/c1-14(13-18(22)15-7-3-2-4-8-15)21-20(23)17-11-12-24-19-10-6-5-9-16(17)19/h2-10,14,17-18,22H,11-13H2,1H3,(H,21,23)/t14-,17+,18+/m1/s1. The fraction of sp³-hybridized carbons (Fsp3) is 0.350. The molecule has 0 saturated carbocycles. The second-order valence-corrected chi connectivity index (χ2v) is 6.30. The van der Waals surface area contributed by atoms with E-state index >= 15 is 0 Å². The van der Waals surface area contributed by atoms with Gasteiger partial charge in [-0.05, 0) is 31.4 Å². The highest BCUT2D eigenvalue weighted by atomic mass is 16.5. The van der Waals surface area contributed by atoms with Gasteiger partial charge in [-0.25, -0.2) is 0 Å². The SMILES string of the molecule is C[C@H](C[C@H](O)c1ccccc1)NC(=O)[C@H]1CCOc2ccccc21. The lowest BCUT2D eigenvalue weighted by atomic mass is 9.92. The van der Waals surface area contributed by atoms with E-state index in [0.29, 0.717) is 19.4 Å². The van der Waals surface area contributed by atoms with Crippen molar-refractivity contribution in [2.24, 2.45) is 0 Å². The monoisotopic (exact) mass is 325 g/mol. The second kappa shape index (κ2) is 7.49. The highest BCUT2D eigenvalue weighted by Crippen LogP contribution is 2.33. The van der Waals surface area contributed by atoms with Crippen molar-refractivity contribution < 1.29 is 14.6 Å². The molecular formula is C20H23NO3. The van der Waals surface area contributed by atoms with Crippen LogP contribution in [0.15, 0.2) is 54.6 Å². The van der Waals surface area contributed by atoms with Crippen LogP contribution in [-0.4, -0.2) is 23.7 Å².